The molecule has 1 amide bonds. The van der Waals surface area contributed by atoms with E-state index in [9.17, 15) is 23.4 Å². The van der Waals surface area contributed by atoms with E-state index in [1.807, 2.05) is 0 Å². The number of carbonyl (C=O) groups is 1. The molecule has 1 aliphatic rings. The average molecular weight is 411 g/mol. The Hall–Kier alpha value is -0.604. The van der Waals surface area contributed by atoms with E-state index in [-0.39, 0.29) is 62.2 Å². The number of aliphatic hydroxyl groups excluding tert-OH is 1. The van der Waals surface area contributed by atoms with Crippen LogP contribution in [0.15, 0.2) is 29.4 Å². The first-order valence-corrected chi connectivity index (χ1v) is 8.79. The van der Waals surface area contributed by atoms with Crippen molar-refractivity contribution in [2.45, 2.75) is 38.6 Å². The van der Waals surface area contributed by atoms with E-state index >= 15 is 0 Å². The molecule has 1 saturated heterocycles. The molecule has 26 heavy (non-hydrogen) atoms. The molecule has 2 heterocycles. The van der Waals surface area contributed by atoms with Gasteiger partial charge in [-0.2, -0.15) is 8.42 Å². The molecule has 0 spiro atoms. The molecule has 138 valence electrons. The fourth-order valence-electron chi connectivity index (χ4n) is 2.65. The molecular weight excluding hydrogens is 393 g/mol. The molecule has 0 bridgehead atoms. The van der Waals surface area contributed by atoms with Crippen molar-refractivity contribution >= 4 is 22.3 Å². The summed E-state index contributed by atoms with van der Waals surface area (Å²) in [6.45, 7) is 2.62. The predicted molar refractivity (Wildman–Crippen MR) is 83.3 cm³/mol. The summed E-state index contributed by atoms with van der Waals surface area (Å²) >= 11 is 0. The Morgan fingerprint density at radius 3 is 2.62 bits per heavy atom. The van der Waals surface area contributed by atoms with Crippen LogP contribution in [0.25, 0.3) is 0 Å². The van der Waals surface area contributed by atoms with Crippen LogP contribution in [0.5, 0.6) is 0 Å². The number of carbonyl (C=O) groups excluding carboxylic acids is 1. The van der Waals surface area contributed by atoms with Crippen LogP contribution in [0.3, 0.4) is 0 Å². The van der Waals surface area contributed by atoms with Gasteiger partial charge < -0.3 is 14.9 Å². The number of rotatable bonds is 6. The zero-order valence-corrected chi connectivity index (χ0v) is 18.5. The fraction of sp³-hybridized carbons (Fsp3) is 0.500. The molecule has 0 aromatic carbocycles. The topological polar surface area (TPSA) is 152 Å². The molecule has 4 atom stereocenters. The largest absolute Gasteiger partial charge is 1.00 e. The van der Waals surface area contributed by atoms with Crippen LogP contribution in [0.1, 0.15) is 19.5 Å². The number of aromatic nitrogens is 1. The Morgan fingerprint density at radius 1 is 1.46 bits per heavy atom. The van der Waals surface area contributed by atoms with Gasteiger partial charge in [-0.3, -0.25) is 19.3 Å². The Morgan fingerprint density at radius 2 is 2.12 bits per heavy atom. The molecule has 2 rings (SSSR count). The maximum Gasteiger partial charge on any atom is 1.00 e. The van der Waals surface area contributed by atoms with Gasteiger partial charge in [-0.05, 0) is 19.1 Å². The average Bonchev–Trinajstić information content (AvgIpc) is 2.49. The molecule has 10 nitrogen and oxygen atoms in total. The first-order chi connectivity index (χ1) is 11.6. The van der Waals surface area contributed by atoms with E-state index in [0.29, 0.717) is 5.69 Å². The minimum Gasteiger partial charge on any atom is -0.595 e. The second-order valence-electron chi connectivity index (χ2n) is 5.60. The van der Waals surface area contributed by atoms with Crippen LogP contribution in [0.2, 0.25) is 0 Å². The molecule has 2 N–H and O–H groups in total. The number of aliphatic imine (C=N–C) groups is 1. The van der Waals surface area contributed by atoms with Gasteiger partial charge in [-0.15, -0.1) is 0 Å². The van der Waals surface area contributed by atoms with E-state index in [1.54, 1.807) is 18.2 Å². The zero-order valence-electron chi connectivity index (χ0n) is 14.5. The molecule has 12 heteroatoms. The number of hydrogen-bond acceptors (Lipinski definition) is 8. The molecule has 1 aromatic rings. The van der Waals surface area contributed by atoms with Gasteiger partial charge in [0.15, 0.2) is 0 Å². The third kappa shape index (κ3) is 5.45. The summed E-state index contributed by atoms with van der Waals surface area (Å²) in [6, 6.07) is 3.88. The molecule has 0 unspecified atom stereocenters. The number of hydrogen-bond donors (Lipinski definition) is 2. The first kappa shape index (κ1) is 23.4. The van der Waals surface area contributed by atoms with Gasteiger partial charge in [0.2, 0.25) is 5.91 Å². The third-order valence-corrected chi connectivity index (χ3v) is 4.69. The predicted octanol–water partition coefficient (Wildman–Crippen LogP) is -4.28. The number of aliphatic hydroxyl groups is 1. The zero-order chi connectivity index (χ0) is 18.8. The second kappa shape index (κ2) is 9.55. The third-order valence-electron chi connectivity index (χ3n) is 3.77. The van der Waals surface area contributed by atoms with E-state index in [1.165, 1.54) is 20.0 Å². The first-order valence-electron chi connectivity index (χ1n) is 7.39. The van der Waals surface area contributed by atoms with Crippen molar-refractivity contribution in [1.29, 1.82) is 0 Å². The molecule has 1 aliphatic heterocycles. The van der Waals surface area contributed by atoms with Gasteiger partial charge in [0.25, 0.3) is 0 Å². The molecule has 1 fully saturated rings. The van der Waals surface area contributed by atoms with Crippen molar-refractivity contribution in [3.05, 3.63) is 30.1 Å². The minimum atomic E-state index is -4.83. The summed E-state index contributed by atoms with van der Waals surface area (Å²) in [5, 5.41) is 21.4. The van der Waals surface area contributed by atoms with E-state index in [4.69, 9.17) is 9.29 Å². The van der Waals surface area contributed by atoms with Crippen LogP contribution in [-0.4, -0.2) is 57.6 Å². The minimum absolute atomic E-state index is 0. The monoisotopic (exact) mass is 411 g/mol. The number of pyridine rings is 1. The van der Waals surface area contributed by atoms with Crippen molar-refractivity contribution < 1.29 is 84.1 Å². The van der Waals surface area contributed by atoms with E-state index < -0.39 is 46.5 Å². The fourth-order valence-corrected chi connectivity index (χ4v) is 3.61. The van der Waals surface area contributed by atoms with Crippen molar-refractivity contribution in [1.82, 2.24) is 9.29 Å². The summed E-state index contributed by atoms with van der Waals surface area (Å²) in [7, 11) is -4.83. The van der Waals surface area contributed by atoms with E-state index in [0.717, 1.165) is 0 Å². The van der Waals surface area contributed by atoms with Crippen molar-refractivity contribution in [3.8, 4) is 0 Å². The summed E-state index contributed by atoms with van der Waals surface area (Å²) in [5.41, 5.74) is 0.535. The summed E-state index contributed by atoms with van der Waals surface area (Å²) in [4.78, 5) is 19.4. The van der Waals surface area contributed by atoms with Crippen LogP contribution in [0, 0.1) is 5.92 Å². The van der Waals surface area contributed by atoms with Gasteiger partial charge in [-0.1, -0.05) is 13.0 Å². The summed E-state index contributed by atoms with van der Waals surface area (Å²) < 4.78 is 37.0. The smallest absolute Gasteiger partial charge is 0.595 e. The van der Waals surface area contributed by atoms with Crippen molar-refractivity contribution in [2.24, 2.45) is 10.9 Å². The van der Waals surface area contributed by atoms with Gasteiger partial charge >= 0.3 is 61.7 Å². The second-order valence-corrected chi connectivity index (χ2v) is 6.88. The number of amides is 1. The van der Waals surface area contributed by atoms with Crippen molar-refractivity contribution in [3.63, 3.8) is 0 Å². The van der Waals surface area contributed by atoms with Crippen molar-refractivity contribution in [2.75, 3.05) is 0 Å². The van der Waals surface area contributed by atoms with E-state index in [2.05, 4.69) is 9.98 Å². The SMILES string of the molecule is C[C@H](OC([O-])=NCc1ccccn1)[C@@H]1[C@@H]([C@@H](C)O)C(=O)N1S(=O)(=O)O.[K+]. The summed E-state index contributed by atoms with van der Waals surface area (Å²) in [5.74, 6) is -2.07. The number of nitrogens with zero attached hydrogens (tertiary/aromatic N) is 3. The Balaban J connectivity index is 0.00000338. The molecular formula is C14H18KN3O7S. The molecule has 0 radical (unpaired) electrons. The van der Waals surface area contributed by atoms with Crippen LogP contribution in [-0.2, 0) is 26.4 Å². The molecule has 0 aliphatic carbocycles. The number of β-lactam (4-membered cyclic amide) rings is 1. The van der Waals surface area contributed by atoms with Gasteiger partial charge in [0.05, 0.1) is 30.3 Å². The van der Waals surface area contributed by atoms with Gasteiger partial charge in [0, 0.05) is 12.3 Å². The quantitative estimate of drug-likeness (QED) is 0.157. The van der Waals surface area contributed by atoms with Crippen LogP contribution < -0.4 is 56.5 Å². The maximum atomic E-state index is 11.8. The normalized spacial score (nSPS) is 22.8. The Labute approximate surface area is 193 Å². The van der Waals surface area contributed by atoms with Crippen LogP contribution in [0.4, 0.5) is 0 Å². The van der Waals surface area contributed by atoms with Crippen LogP contribution >= 0.6 is 0 Å². The van der Waals surface area contributed by atoms with Gasteiger partial charge in [0.1, 0.15) is 6.08 Å². The standard InChI is InChI=1S/C14H19N3O7S.K/c1-8(18)11-12(17(13(11)19)25(21,22)23)9(2)24-14(20)16-7-10-5-3-4-6-15-10;/h3-6,8-9,11-12,18H,7H2,1-2H3,(H,16,20)(H,21,22,23);/q;+1/p-1/t8-,9+,11-,12-;/m1./s1. The maximum absolute atomic E-state index is 11.8. The molecule has 1 aromatic heterocycles. The molecule has 0 saturated carbocycles. The number of ether oxygens (including phenoxy) is 1. The summed E-state index contributed by atoms with van der Waals surface area (Å²) in [6.07, 6.45) is -1.73. The van der Waals surface area contributed by atoms with Gasteiger partial charge in [-0.25, -0.2) is 4.31 Å². The Bertz CT molecular complexity index is 757. The Kier molecular flexibility index (Phi) is 8.61.